The third kappa shape index (κ3) is 5.79. The van der Waals surface area contributed by atoms with Crippen molar-refractivity contribution in [2.45, 2.75) is 56.1 Å². The number of phenols is 1. The molecule has 0 unspecified atom stereocenters. The number of hydrogen-bond donors (Lipinski definition) is 6. The van der Waals surface area contributed by atoms with Gasteiger partial charge in [0.25, 0.3) is 0 Å². The average molecular weight is 553 g/mol. The number of fused-ring (bicyclic) bond motifs is 1. The van der Waals surface area contributed by atoms with Crippen molar-refractivity contribution in [3.05, 3.63) is 47.7 Å². The van der Waals surface area contributed by atoms with Gasteiger partial charge in [0.2, 0.25) is 6.29 Å². The van der Waals surface area contributed by atoms with Crippen LogP contribution in [-0.4, -0.2) is 105 Å². The fourth-order valence-corrected chi connectivity index (χ4v) is 5.20. The first-order valence-electron chi connectivity index (χ1n) is 12.3. The van der Waals surface area contributed by atoms with E-state index >= 15 is 0 Å². The fraction of sp³-hybridized carbons (Fsp3) is 0.538. The Kier molecular flexibility index (Phi) is 8.91. The summed E-state index contributed by atoms with van der Waals surface area (Å²) in [5, 5.41) is 60.5. The second kappa shape index (κ2) is 12.0. The minimum absolute atomic E-state index is 0.0140. The Morgan fingerprint density at radius 3 is 2.33 bits per heavy atom. The Morgan fingerprint density at radius 2 is 1.69 bits per heavy atom. The number of aromatic hydroxyl groups is 1. The van der Waals surface area contributed by atoms with Crippen LogP contribution in [0.1, 0.15) is 12.5 Å². The Labute approximate surface area is 223 Å². The van der Waals surface area contributed by atoms with E-state index in [1.807, 2.05) is 0 Å². The summed E-state index contributed by atoms with van der Waals surface area (Å²) >= 11 is 0. The van der Waals surface area contributed by atoms with Gasteiger partial charge in [0.15, 0.2) is 6.29 Å². The van der Waals surface area contributed by atoms with E-state index < -0.39 is 85.5 Å². The quantitative estimate of drug-likeness (QED) is 0.174. The molecule has 214 valence electrons. The molecule has 2 heterocycles. The molecule has 0 radical (unpaired) electrons. The topological polar surface area (TPSA) is 202 Å². The van der Waals surface area contributed by atoms with Crippen LogP contribution in [0, 0.1) is 17.8 Å². The SMILES string of the molecule is COC(=O)C1=CO[C@H](O[C@@H]2O[C@@H](CO)[C@@H](O)[C@@H](O)[C@H]2O)[C@@H]2[C@@H](C)[C@@H](O)[C@@H](OC(=O)C=Cc3ccc(O)cc3)[C@@H]12. The lowest BCUT2D eigenvalue weighted by Gasteiger charge is -2.43. The van der Waals surface area contributed by atoms with Crippen LogP contribution in [0.2, 0.25) is 0 Å². The summed E-state index contributed by atoms with van der Waals surface area (Å²) in [6.45, 7) is 0.968. The number of hydrogen-bond acceptors (Lipinski definition) is 13. The molecule has 4 rings (SSSR count). The highest BCUT2D eigenvalue weighted by molar-refractivity contribution is 5.90. The van der Waals surface area contributed by atoms with Crippen LogP contribution in [0.5, 0.6) is 5.75 Å². The normalized spacial score (nSPS) is 38.0. The van der Waals surface area contributed by atoms with Gasteiger partial charge in [0, 0.05) is 17.9 Å². The van der Waals surface area contributed by atoms with Crippen molar-refractivity contribution in [3.8, 4) is 5.75 Å². The molecule has 0 spiro atoms. The van der Waals surface area contributed by atoms with Crippen molar-refractivity contribution in [1.29, 1.82) is 0 Å². The van der Waals surface area contributed by atoms with Crippen molar-refractivity contribution < 1.29 is 63.9 Å². The number of aliphatic hydroxyl groups is 5. The van der Waals surface area contributed by atoms with Crippen LogP contribution in [0.25, 0.3) is 6.08 Å². The van der Waals surface area contributed by atoms with Crippen molar-refractivity contribution in [1.82, 2.24) is 0 Å². The summed E-state index contributed by atoms with van der Waals surface area (Å²) in [5.74, 6) is -3.95. The molecule has 1 saturated carbocycles. The summed E-state index contributed by atoms with van der Waals surface area (Å²) in [5.41, 5.74) is 0.594. The standard InChI is InChI=1S/C26H32O13/c1-11-17-18(23(19(11)30)38-16(29)8-5-12-3-6-13(28)7-4-12)14(24(34)35-2)10-36-25(17)39-26-22(33)21(32)20(31)15(9-27)37-26/h3-8,10-11,15,17-23,25-28,30-33H,9H2,1-2H3/t11-,15+,17-,18+,19-,20-,21-,22-,23+,25-,26+/m1/s1. The number of carbonyl (C=O) groups excluding carboxylic acids is 2. The van der Waals surface area contributed by atoms with E-state index in [4.69, 9.17) is 23.7 Å². The number of phenolic OH excluding ortho intramolecular Hbond substituents is 1. The highest BCUT2D eigenvalue weighted by Gasteiger charge is 2.59. The molecule has 0 amide bonds. The Bertz CT molecular complexity index is 1080. The van der Waals surface area contributed by atoms with Crippen LogP contribution in [0.15, 0.2) is 42.2 Å². The van der Waals surface area contributed by atoms with Gasteiger partial charge < -0.3 is 54.3 Å². The molecule has 6 N–H and O–H groups in total. The van der Waals surface area contributed by atoms with Crippen LogP contribution < -0.4 is 0 Å². The monoisotopic (exact) mass is 552 g/mol. The third-order valence-electron chi connectivity index (χ3n) is 7.35. The second-order valence-corrected chi connectivity index (χ2v) is 9.68. The highest BCUT2D eigenvalue weighted by Crippen LogP contribution is 2.49. The summed E-state index contributed by atoms with van der Waals surface area (Å²) < 4.78 is 27.3. The molecule has 13 nitrogen and oxygen atoms in total. The summed E-state index contributed by atoms with van der Waals surface area (Å²) in [6, 6.07) is 6.06. The van der Waals surface area contributed by atoms with Crippen LogP contribution in [0.3, 0.4) is 0 Å². The minimum Gasteiger partial charge on any atom is -0.508 e. The zero-order chi connectivity index (χ0) is 28.4. The molecular weight excluding hydrogens is 520 g/mol. The molecule has 1 aliphatic carbocycles. The smallest absolute Gasteiger partial charge is 0.337 e. The van der Waals surface area contributed by atoms with Gasteiger partial charge in [0.05, 0.1) is 31.7 Å². The van der Waals surface area contributed by atoms with E-state index in [2.05, 4.69) is 0 Å². The first-order valence-corrected chi connectivity index (χ1v) is 12.3. The van der Waals surface area contributed by atoms with Gasteiger partial charge in [-0.3, -0.25) is 0 Å². The third-order valence-corrected chi connectivity index (χ3v) is 7.35. The van der Waals surface area contributed by atoms with Crippen molar-refractivity contribution in [2.75, 3.05) is 13.7 Å². The van der Waals surface area contributed by atoms with E-state index in [1.165, 1.54) is 18.2 Å². The van der Waals surface area contributed by atoms with Crippen molar-refractivity contribution in [2.24, 2.45) is 17.8 Å². The number of esters is 2. The molecule has 0 aromatic heterocycles. The summed E-state index contributed by atoms with van der Waals surface area (Å²) in [6.07, 6.45) is -7.85. The van der Waals surface area contributed by atoms with Crippen LogP contribution in [0.4, 0.5) is 0 Å². The first-order chi connectivity index (χ1) is 18.6. The predicted octanol–water partition coefficient (Wildman–Crippen LogP) is -1.21. The largest absolute Gasteiger partial charge is 0.508 e. The maximum atomic E-state index is 12.7. The molecule has 1 aromatic rings. The van der Waals surface area contributed by atoms with Gasteiger partial charge in [-0.2, -0.15) is 0 Å². The summed E-state index contributed by atoms with van der Waals surface area (Å²) in [4.78, 5) is 25.3. The zero-order valence-corrected chi connectivity index (χ0v) is 21.1. The maximum absolute atomic E-state index is 12.7. The number of rotatable bonds is 7. The summed E-state index contributed by atoms with van der Waals surface area (Å²) in [7, 11) is 1.16. The van der Waals surface area contributed by atoms with E-state index in [9.17, 15) is 40.2 Å². The van der Waals surface area contributed by atoms with E-state index in [-0.39, 0.29) is 11.3 Å². The number of benzene rings is 1. The van der Waals surface area contributed by atoms with Crippen LogP contribution in [-0.2, 0) is 33.3 Å². The predicted molar refractivity (Wildman–Crippen MR) is 129 cm³/mol. The molecular formula is C26H32O13. The fourth-order valence-electron chi connectivity index (χ4n) is 5.20. The molecule has 0 bridgehead atoms. The first kappa shape index (κ1) is 29.0. The van der Waals surface area contributed by atoms with E-state index in [1.54, 1.807) is 19.1 Å². The van der Waals surface area contributed by atoms with Crippen molar-refractivity contribution >= 4 is 18.0 Å². The van der Waals surface area contributed by atoms with Gasteiger partial charge in [0.1, 0.15) is 36.3 Å². The van der Waals surface area contributed by atoms with E-state index in [0.717, 1.165) is 19.4 Å². The number of methoxy groups -OCH3 is 1. The molecule has 13 heteroatoms. The lowest BCUT2D eigenvalue weighted by atomic mass is 9.82. The van der Waals surface area contributed by atoms with Gasteiger partial charge in [-0.15, -0.1) is 0 Å². The Morgan fingerprint density at radius 1 is 1.00 bits per heavy atom. The minimum atomic E-state index is -1.71. The van der Waals surface area contributed by atoms with E-state index in [0.29, 0.717) is 5.56 Å². The molecule has 2 aliphatic heterocycles. The Hall–Kier alpha value is -3.04. The maximum Gasteiger partial charge on any atom is 0.337 e. The lowest BCUT2D eigenvalue weighted by molar-refractivity contribution is -0.343. The molecule has 3 aliphatic rings. The number of carbonyl (C=O) groups is 2. The van der Waals surface area contributed by atoms with Gasteiger partial charge >= 0.3 is 11.9 Å². The lowest BCUT2D eigenvalue weighted by Crippen LogP contribution is -2.60. The highest BCUT2D eigenvalue weighted by atomic mass is 16.8. The number of aliphatic hydroxyl groups excluding tert-OH is 5. The molecule has 39 heavy (non-hydrogen) atoms. The van der Waals surface area contributed by atoms with Crippen LogP contribution >= 0.6 is 0 Å². The van der Waals surface area contributed by atoms with Gasteiger partial charge in [-0.05, 0) is 29.7 Å². The van der Waals surface area contributed by atoms with Crippen molar-refractivity contribution in [3.63, 3.8) is 0 Å². The average Bonchev–Trinajstić information content (AvgIpc) is 3.18. The van der Waals surface area contributed by atoms with Gasteiger partial charge in [-0.25, -0.2) is 9.59 Å². The Balaban J connectivity index is 1.56. The second-order valence-electron chi connectivity index (χ2n) is 9.68. The number of ether oxygens (including phenoxy) is 5. The zero-order valence-electron chi connectivity index (χ0n) is 21.1. The van der Waals surface area contributed by atoms with Gasteiger partial charge in [-0.1, -0.05) is 19.1 Å². The molecule has 1 saturated heterocycles. The molecule has 2 fully saturated rings. The molecule has 11 atom stereocenters. The molecule has 1 aromatic carbocycles.